The first kappa shape index (κ1) is 14.8. The Hall–Kier alpha value is -1.58. The van der Waals surface area contributed by atoms with E-state index in [9.17, 15) is 17.6 Å². The monoisotopic (exact) mass is 284 g/mol. The van der Waals surface area contributed by atoms with Crippen molar-refractivity contribution in [3.8, 4) is 0 Å². The Bertz CT molecular complexity index is 546. The maximum atomic E-state index is 13.6. The minimum Gasteiger partial charge on any atom is -0.204 e. The Morgan fingerprint density at radius 3 is 2.20 bits per heavy atom. The number of halogens is 4. The number of benzene rings is 1. The lowest BCUT2D eigenvalue weighted by molar-refractivity contribution is 0.429. The molecule has 1 saturated carbocycles. The van der Waals surface area contributed by atoms with Crippen LogP contribution in [0.5, 0.6) is 0 Å². The molecule has 0 aromatic heterocycles. The van der Waals surface area contributed by atoms with Crippen LogP contribution in [0.1, 0.15) is 19.4 Å². The van der Waals surface area contributed by atoms with Crippen LogP contribution in [-0.2, 0) is 6.42 Å². The third-order valence-corrected chi connectivity index (χ3v) is 4.22. The zero-order chi connectivity index (χ0) is 15.1. The van der Waals surface area contributed by atoms with Gasteiger partial charge in [0, 0.05) is 11.6 Å². The highest BCUT2D eigenvalue weighted by atomic mass is 19.2. The van der Waals surface area contributed by atoms with E-state index in [2.05, 4.69) is 6.58 Å². The average molecular weight is 284 g/mol. The number of hydrogen-bond acceptors (Lipinski definition) is 0. The van der Waals surface area contributed by atoms with Gasteiger partial charge in [0.25, 0.3) is 0 Å². The second-order valence-corrected chi connectivity index (χ2v) is 5.73. The van der Waals surface area contributed by atoms with Gasteiger partial charge < -0.3 is 0 Å². The highest BCUT2D eigenvalue weighted by Crippen LogP contribution is 2.60. The van der Waals surface area contributed by atoms with Gasteiger partial charge in [-0.05, 0) is 23.7 Å². The first-order chi connectivity index (χ1) is 9.30. The summed E-state index contributed by atoms with van der Waals surface area (Å²) in [5, 5.41) is 0. The molecule has 0 radical (unpaired) electrons. The van der Waals surface area contributed by atoms with E-state index in [1.807, 2.05) is 19.9 Å². The van der Waals surface area contributed by atoms with Crippen molar-refractivity contribution >= 4 is 0 Å². The molecule has 0 nitrogen and oxygen atoms in total. The summed E-state index contributed by atoms with van der Waals surface area (Å²) in [4.78, 5) is 0. The summed E-state index contributed by atoms with van der Waals surface area (Å²) in [6.07, 6.45) is 5.27. The third-order valence-electron chi connectivity index (χ3n) is 4.22. The van der Waals surface area contributed by atoms with E-state index in [0.717, 1.165) is 0 Å². The van der Waals surface area contributed by atoms with E-state index in [0.29, 0.717) is 0 Å². The first-order valence-corrected chi connectivity index (χ1v) is 6.41. The Balaban J connectivity index is 2.28. The molecule has 0 bridgehead atoms. The summed E-state index contributed by atoms with van der Waals surface area (Å²) in [5.74, 6) is -5.23. The van der Waals surface area contributed by atoms with Crippen LogP contribution < -0.4 is 0 Å². The largest absolute Gasteiger partial charge is 0.204 e. The van der Waals surface area contributed by atoms with Gasteiger partial charge in [0.15, 0.2) is 23.3 Å². The van der Waals surface area contributed by atoms with Crippen LogP contribution >= 0.6 is 0 Å². The molecule has 2 rings (SSSR count). The Labute approximate surface area is 115 Å². The lowest BCUT2D eigenvalue weighted by Crippen LogP contribution is -2.05. The van der Waals surface area contributed by atoms with Gasteiger partial charge in [-0.1, -0.05) is 38.7 Å². The van der Waals surface area contributed by atoms with Crippen LogP contribution in [0.4, 0.5) is 17.6 Å². The van der Waals surface area contributed by atoms with Gasteiger partial charge in [-0.15, -0.1) is 0 Å². The molecule has 1 aliphatic rings. The van der Waals surface area contributed by atoms with E-state index in [1.165, 1.54) is 0 Å². The standard InChI is InChI=1S/C16H16F4/c1-4-5-6-10-11(16(10,2)3)7-9-14(19)12(17)8-13(18)15(9)20/h4-6,8,10-11H,1,7H2,2-3H3/b6-5-/t10-,11-/m1/s1. The second-order valence-electron chi connectivity index (χ2n) is 5.73. The van der Waals surface area contributed by atoms with Gasteiger partial charge in [0.2, 0.25) is 0 Å². The van der Waals surface area contributed by atoms with E-state index in [1.54, 1.807) is 12.2 Å². The summed E-state index contributed by atoms with van der Waals surface area (Å²) in [5.41, 5.74) is -0.656. The molecule has 0 N–H and O–H groups in total. The average Bonchev–Trinajstić information content (AvgIpc) is 2.90. The first-order valence-electron chi connectivity index (χ1n) is 6.41. The van der Waals surface area contributed by atoms with Crippen molar-refractivity contribution in [1.82, 2.24) is 0 Å². The van der Waals surface area contributed by atoms with Crippen LogP contribution in [0.3, 0.4) is 0 Å². The van der Waals surface area contributed by atoms with Gasteiger partial charge in [0.05, 0.1) is 0 Å². The minimum absolute atomic E-state index is 0.0223. The topological polar surface area (TPSA) is 0 Å². The predicted molar refractivity (Wildman–Crippen MR) is 70.1 cm³/mol. The molecule has 0 saturated heterocycles. The maximum absolute atomic E-state index is 13.6. The highest BCUT2D eigenvalue weighted by molar-refractivity contribution is 5.27. The minimum atomic E-state index is -1.35. The van der Waals surface area contributed by atoms with Crippen LogP contribution in [0.2, 0.25) is 0 Å². The Morgan fingerprint density at radius 1 is 1.15 bits per heavy atom. The molecule has 0 aliphatic heterocycles. The van der Waals surface area contributed by atoms with Crippen molar-refractivity contribution in [3.63, 3.8) is 0 Å². The summed E-state index contributed by atoms with van der Waals surface area (Å²) >= 11 is 0. The van der Waals surface area contributed by atoms with Gasteiger partial charge in [-0.3, -0.25) is 0 Å². The normalized spacial score (nSPS) is 24.1. The highest BCUT2D eigenvalue weighted by Gasteiger charge is 2.55. The molecule has 0 unspecified atom stereocenters. The molecule has 1 fully saturated rings. The van der Waals surface area contributed by atoms with Crippen LogP contribution in [-0.4, -0.2) is 0 Å². The van der Waals surface area contributed by atoms with Gasteiger partial charge >= 0.3 is 0 Å². The zero-order valence-electron chi connectivity index (χ0n) is 11.4. The van der Waals surface area contributed by atoms with Crippen molar-refractivity contribution in [2.75, 3.05) is 0 Å². The third kappa shape index (κ3) is 2.39. The molecule has 0 spiro atoms. The SMILES string of the molecule is C=C/C=C\[C@@H]1[C@@H](Cc2c(F)c(F)cc(F)c2F)C1(C)C. The quantitative estimate of drug-likeness (QED) is 0.423. The molecule has 1 aliphatic carbocycles. The summed E-state index contributed by atoms with van der Waals surface area (Å²) in [7, 11) is 0. The van der Waals surface area contributed by atoms with Gasteiger partial charge in [-0.25, -0.2) is 17.6 Å². The smallest absolute Gasteiger partial charge is 0.165 e. The Kier molecular flexibility index (Phi) is 3.76. The maximum Gasteiger partial charge on any atom is 0.165 e. The fraction of sp³-hybridized carbons (Fsp3) is 0.375. The summed E-state index contributed by atoms with van der Waals surface area (Å²) < 4.78 is 53.6. The van der Waals surface area contributed by atoms with E-state index >= 15 is 0 Å². The molecule has 1 aromatic rings. The molecule has 0 amide bonds. The van der Waals surface area contributed by atoms with Crippen molar-refractivity contribution in [2.45, 2.75) is 20.3 Å². The summed E-state index contributed by atoms with van der Waals surface area (Å²) in [6.45, 7) is 7.48. The lowest BCUT2D eigenvalue weighted by atomic mass is 10.0. The molecular formula is C16H16F4. The predicted octanol–water partition coefficient (Wildman–Crippen LogP) is 4.80. The molecule has 2 atom stereocenters. The van der Waals surface area contributed by atoms with Crippen molar-refractivity contribution < 1.29 is 17.6 Å². The Morgan fingerprint density at radius 2 is 1.70 bits per heavy atom. The van der Waals surface area contributed by atoms with Gasteiger partial charge in [0.1, 0.15) is 0 Å². The van der Waals surface area contributed by atoms with Crippen LogP contribution in [0.25, 0.3) is 0 Å². The van der Waals surface area contributed by atoms with Gasteiger partial charge in [-0.2, -0.15) is 0 Å². The molecule has 20 heavy (non-hydrogen) atoms. The number of rotatable bonds is 4. The number of hydrogen-bond donors (Lipinski definition) is 0. The lowest BCUT2D eigenvalue weighted by Gasteiger charge is -2.07. The van der Waals surface area contributed by atoms with E-state index in [-0.39, 0.29) is 29.7 Å². The van der Waals surface area contributed by atoms with Crippen molar-refractivity contribution in [1.29, 1.82) is 0 Å². The second kappa shape index (κ2) is 5.08. The van der Waals surface area contributed by atoms with Crippen LogP contribution in [0.15, 0.2) is 30.9 Å². The van der Waals surface area contributed by atoms with Crippen molar-refractivity contribution in [3.05, 3.63) is 59.7 Å². The van der Waals surface area contributed by atoms with Crippen LogP contribution in [0, 0.1) is 40.5 Å². The van der Waals surface area contributed by atoms with E-state index < -0.39 is 28.8 Å². The zero-order valence-corrected chi connectivity index (χ0v) is 11.4. The fourth-order valence-corrected chi connectivity index (χ4v) is 2.78. The fourth-order valence-electron chi connectivity index (χ4n) is 2.78. The molecule has 4 heteroatoms. The van der Waals surface area contributed by atoms with E-state index in [4.69, 9.17) is 0 Å². The molecule has 1 aromatic carbocycles. The molecular weight excluding hydrogens is 268 g/mol. The number of allylic oxidation sites excluding steroid dienone is 3. The molecule has 0 heterocycles. The summed E-state index contributed by atoms with van der Waals surface area (Å²) in [6, 6.07) is 0.237. The molecule has 108 valence electrons. The van der Waals surface area contributed by atoms with Crippen molar-refractivity contribution in [2.24, 2.45) is 17.3 Å².